The summed E-state index contributed by atoms with van der Waals surface area (Å²) in [6.07, 6.45) is 6.98. The van der Waals surface area contributed by atoms with Crippen LogP contribution in [0.3, 0.4) is 0 Å². The summed E-state index contributed by atoms with van der Waals surface area (Å²) in [7, 11) is 0. The van der Waals surface area contributed by atoms with Crippen molar-refractivity contribution >= 4 is 0 Å². The van der Waals surface area contributed by atoms with Gasteiger partial charge in [0.05, 0.1) is 18.8 Å². The molecule has 1 fully saturated rings. The fourth-order valence-corrected chi connectivity index (χ4v) is 3.08. The Morgan fingerprint density at radius 3 is 2.25 bits per heavy atom. The molecule has 2 N–H and O–H groups in total. The summed E-state index contributed by atoms with van der Waals surface area (Å²) in [4.78, 5) is 0. The highest BCUT2D eigenvalue weighted by Crippen LogP contribution is 2.42. The Hall–Kier alpha value is -0.120. The first-order chi connectivity index (χ1) is 9.43. The van der Waals surface area contributed by atoms with Crippen LogP contribution in [-0.2, 0) is 9.47 Å². The summed E-state index contributed by atoms with van der Waals surface area (Å²) >= 11 is 0. The average Bonchev–Trinajstić information content (AvgIpc) is 2.42. The van der Waals surface area contributed by atoms with Gasteiger partial charge in [-0.25, -0.2) is 0 Å². The van der Waals surface area contributed by atoms with E-state index in [9.17, 15) is 0 Å². The van der Waals surface area contributed by atoms with Crippen molar-refractivity contribution in [1.29, 1.82) is 0 Å². The molecular weight excluding hydrogens is 250 g/mol. The zero-order valence-corrected chi connectivity index (χ0v) is 14.0. The molecule has 120 valence electrons. The van der Waals surface area contributed by atoms with Crippen LogP contribution in [0.15, 0.2) is 0 Å². The number of nitrogens with two attached hydrogens (primary N) is 1. The maximum absolute atomic E-state index is 6.11. The molecule has 1 aliphatic rings. The second-order valence-corrected chi connectivity index (χ2v) is 7.34. The largest absolute Gasteiger partial charge is 0.379 e. The molecule has 3 heteroatoms. The van der Waals surface area contributed by atoms with Crippen LogP contribution >= 0.6 is 0 Å². The van der Waals surface area contributed by atoms with E-state index in [2.05, 4.69) is 27.7 Å². The van der Waals surface area contributed by atoms with E-state index in [1.807, 2.05) is 0 Å². The Balaban J connectivity index is 2.28. The summed E-state index contributed by atoms with van der Waals surface area (Å²) < 4.78 is 11.7. The monoisotopic (exact) mass is 285 g/mol. The van der Waals surface area contributed by atoms with Crippen molar-refractivity contribution < 1.29 is 9.47 Å². The topological polar surface area (TPSA) is 44.5 Å². The van der Waals surface area contributed by atoms with Crippen LogP contribution in [0.25, 0.3) is 0 Å². The number of unbranched alkanes of at least 4 members (excludes halogenated alkanes) is 1. The molecule has 0 aliphatic heterocycles. The number of ether oxygens (including phenoxy) is 2. The highest BCUT2D eigenvalue weighted by Gasteiger charge is 2.38. The molecule has 3 nitrogen and oxygen atoms in total. The fraction of sp³-hybridized carbons (Fsp3) is 1.00. The van der Waals surface area contributed by atoms with Crippen LogP contribution in [0, 0.1) is 11.3 Å². The minimum Gasteiger partial charge on any atom is -0.379 e. The van der Waals surface area contributed by atoms with Gasteiger partial charge in [-0.1, -0.05) is 34.1 Å². The van der Waals surface area contributed by atoms with Crippen molar-refractivity contribution in [3.05, 3.63) is 0 Å². The summed E-state index contributed by atoms with van der Waals surface area (Å²) in [6, 6.07) is 0. The maximum Gasteiger partial charge on any atom is 0.0805 e. The van der Waals surface area contributed by atoms with Gasteiger partial charge in [0, 0.05) is 13.2 Å². The molecule has 0 saturated heterocycles. The van der Waals surface area contributed by atoms with Crippen LogP contribution < -0.4 is 5.73 Å². The maximum atomic E-state index is 6.11. The van der Waals surface area contributed by atoms with Crippen LogP contribution in [0.4, 0.5) is 0 Å². The number of hydrogen-bond acceptors (Lipinski definition) is 3. The summed E-state index contributed by atoms with van der Waals surface area (Å²) in [5, 5.41) is 0. The molecule has 0 amide bonds. The Labute approximate surface area is 125 Å². The second kappa shape index (κ2) is 8.35. The number of rotatable bonds is 8. The van der Waals surface area contributed by atoms with E-state index >= 15 is 0 Å². The lowest BCUT2D eigenvalue weighted by atomic mass is 9.68. The van der Waals surface area contributed by atoms with Crippen molar-refractivity contribution in [3.63, 3.8) is 0 Å². The summed E-state index contributed by atoms with van der Waals surface area (Å²) in [5.41, 5.74) is 6.31. The lowest BCUT2D eigenvalue weighted by molar-refractivity contribution is -0.0949. The van der Waals surface area contributed by atoms with Crippen molar-refractivity contribution in [2.24, 2.45) is 17.1 Å². The summed E-state index contributed by atoms with van der Waals surface area (Å²) in [5.74, 6) is 0.798. The molecule has 0 unspecified atom stereocenters. The first-order valence-electron chi connectivity index (χ1n) is 8.35. The van der Waals surface area contributed by atoms with E-state index in [4.69, 9.17) is 15.2 Å². The molecule has 0 heterocycles. The lowest BCUT2D eigenvalue weighted by Gasteiger charge is -2.43. The lowest BCUT2D eigenvalue weighted by Crippen LogP contribution is -2.46. The normalized spacial score (nSPS) is 27.8. The molecule has 20 heavy (non-hydrogen) atoms. The molecule has 1 saturated carbocycles. The molecule has 0 bridgehead atoms. The Morgan fingerprint density at radius 1 is 1.10 bits per heavy atom. The van der Waals surface area contributed by atoms with Crippen LogP contribution in [0.1, 0.15) is 66.2 Å². The van der Waals surface area contributed by atoms with Gasteiger partial charge in [-0.2, -0.15) is 0 Å². The smallest absolute Gasteiger partial charge is 0.0805 e. The Morgan fingerprint density at radius 2 is 1.75 bits per heavy atom. The third-order valence-corrected chi connectivity index (χ3v) is 4.77. The van der Waals surface area contributed by atoms with Crippen molar-refractivity contribution in [2.75, 3.05) is 26.4 Å². The molecule has 0 radical (unpaired) electrons. The molecule has 0 spiro atoms. The molecule has 1 aliphatic carbocycles. The Kier molecular flexibility index (Phi) is 7.49. The van der Waals surface area contributed by atoms with Gasteiger partial charge in [0.2, 0.25) is 0 Å². The van der Waals surface area contributed by atoms with Crippen LogP contribution in [0.5, 0.6) is 0 Å². The molecule has 0 aromatic heterocycles. The molecule has 0 aromatic rings. The molecule has 0 atom stereocenters. The standard InChI is InChI=1S/C17H35NO2/c1-5-6-11-19-12-13-20-17(14-18)9-7-15(8-10-17)16(2,3)4/h15H,5-14,18H2,1-4H3. The van der Waals surface area contributed by atoms with Gasteiger partial charge >= 0.3 is 0 Å². The molecule has 0 aromatic carbocycles. The predicted octanol–water partition coefficient (Wildman–Crippen LogP) is 3.75. The van der Waals surface area contributed by atoms with Crippen molar-refractivity contribution in [3.8, 4) is 0 Å². The molecular formula is C17H35NO2. The molecule has 1 rings (SSSR count). The highest BCUT2D eigenvalue weighted by atomic mass is 16.5. The SMILES string of the molecule is CCCCOCCOC1(CN)CCC(C(C)(C)C)CC1. The quantitative estimate of drug-likeness (QED) is 0.691. The zero-order chi connectivity index (χ0) is 15.1. The van der Waals surface area contributed by atoms with E-state index in [1.165, 1.54) is 19.3 Å². The third kappa shape index (κ3) is 5.71. The fourth-order valence-electron chi connectivity index (χ4n) is 3.08. The number of hydrogen-bond donors (Lipinski definition) is 1. The van der Waals surface area contributed by atoms with E-state index in [1.54, 1.807) is 0 Å². The second-order valence-electron chi connectivity index (χ2n) is 7.34. The van der Waals surface area contributed by atoms with Gasteiger partial charge in [0.15, 0.2) is 0 Å². The van der Waals surface area contributed by atoms with Crippen molar-refractivity contribution in [2.45, 2.75) is 71.8 Å². The van der Waals surface area contributed by atoms with E-state index < -0.39 is 0 Å². The van der Waals surface area contributed by atoms with Gasteiger partial charge < -0.3 is 15.2 Å². The minimum atomic E-state index is -0.0874. The first-order valence-corrected chi connectivity index (χ1v) is 8.35. The summed E-state index contributed by atoms with van der Waals surface area (Å²) in [6.45, 7) is 12.1. The van der Waals surface area contributed by atoms with Crippen LogP contribution in [0.2, 0.25) is 0 Å². The van der Waals surface area contributed by atoms with Gasteiger partial charge in [-0.05, 0) is 43.4 Å². The highest BCUT2D eigenvalue weighted by molar-refractivity contribution is 4.91. The van der Waals surface area contributed by atoms with Crippen molar-refractivity contribution in [1.82, 2.24) is 0 Å². The van der Waals surface area contributed by atoms with Gasteiger partial charge in [0.25, 0.3) is 0 Å². The van der Waals surface area contributed by atoms with Gasteiger partial charge in [0.1, 0.15) is 0 Å². The third-order valence-electron chi connectivity index (χ3n) is 4.77. The van der Waals surface area contributed by atoms with E-state index in [0.29, 0.717) is 25.2 Å². The van der Waals surface area contributed by atoms with E-state index in [0.717, 1.165) is 31.8 Å². The Bertz CT molecular complexity index is 252. The minimum absolute atomic E-state index is 0.0874. The zero-order valence-electron chi connectivity index (χ0n) is 14.0. The van der Waals surface area contributed by atoms with E-state index in [-0.39, 0.29) is 5.60 Å². The first kappa shape index (κ1) is 17.9. The predicted molar refractivity (Wildman–Crippen MR) is 84.9 cm³/mol. The van der Waals surface area contributed by atoms with Gasteiger partial charge in [-0.15, -0.1) is 0 Å². The average molecular weight is 285 g/mol. The van der Waals surface area contributed by atoms with Crippen LogP contribution in [-0.4, -0.2) is 32.0 Å². The van der Waals surface area contributed by atoms with Gasteiger partial charge in [-0.3, -0.25) is 0 Å².